The normalized spacial score (nSPS) is 14.8. The van der Waals surface area contributed by atoms with Gasteiger partial charge in [-0.25, -0.2) is 4.98 Å². The van der Waals surface area contributed by atoms with Gasteiger partial charge in [0, 0.05) is 45.0 Å². The molecule has 8 heteroatoms. The summed E-state index contributed by atoms with van der Waals surface area (Å²) in [6, 6.07) is 5.93. The van der Waals surface area contributed by atoms with E-state index in [1.165, 1.54) is 0 Å². The molecule has 0 aromatic carbocycles. The maximum absolute atomic E-state index is 12.5. The highest BCUT2D eigenvalue weighted by Gasteiger charge is 2.23. The zero-order valence-corrected chi connectivity index (χ0v) is 15.2. The van der Waals surface area contributed by atoms with Crippen LogP contribution in [0.4, 0.5) is 11.8 Å². The molecular weight excluding hydrogens is 348 g/mol. The summed E-state index contributed by atoms with van der Waals surface area (Å²) in [5, 5.41) is 3.03. The molecule has 1 saturated heterocycles. The number of hydrogen-bond donors (Lipinski definition) is 1. The monoisotopic (exact) mass is 368 g/mol. The number of pyridine rings is 1. The highest BCUT2D eigenvalue weighted by molar-refractivity contribution is 7.16. The molecule has 1 amide bonds. The number of carbonyl (C=O) groups excluding carboxylic acids is 1. The van der Waals surface area contributed by atoms with Gasteiger partial charge in [0.25, 0.3) is 0 Å². The van der Waals surface area contributed by atoms with Gasteiger partial charge in [0.15, 0.2) is 0 Å². The van der Waals surface area contributed by atoms with E-state index in [1.54, 1.807) is 17.5 Å². The van der Waals surface area contributed by atoms with Crippen LogP contribution in [-0.2, 0) is 11.2 Å². The van der Waals surface area contributed by atoms with Crippen LogP contribution < -0.4 is 10.6 Å². The van der Waals surface area contributed by atoms with E-state index in [-0.39, 0.29) is 5.91 Å². The van der Waals surface area contributed by atoms with Crippen LogP contribution in [0.25, 0.3) is 10.2 Å². The third-order valence-corrected chi connectivity index (χ3v) is 5.41. The third-order valence-electron chi connectivity index (χ3n) is 4.60. The van der Waals surface area contributed by atoms with Gasteiger partial charge in [-0.15, -0.1) is 11.3 Å². The number of nitrogens with zero attached hydrogens (tertiary/aromatic N) is 5. The Balaban J connectivity index is 1.37. The fourth-order valence-corrected chi connectivity index (χ4v) is 3.99. The Kier molecular flexibility index (Phi) is 4.66. The fraction of sp³-hybridized carbons (Fsp3) is 0.333. The lowest BCUT2D eigenvalue weighted by Gasteiger charge is -2.35. The Bertz CT molecular complexity index is 904. The lowest BCUT2D eigenvalue weighted by Crippen LogP contribution is -2.49. The van der Waals surface area contributed by atoms with E-state index in [0.29, 0.717) is 25.5 Å². The van der Waals surface area contributed by atoms with Gasteiger partial charge in [-0.05, 0) is 29.5 Å². The van der Waals surface area contributed by atoms with E-state index in [0.717, 1.165) is 41.1 Å². The van der Waals surface area contributed by atoms with Gasteiger partial charge in [-0.1, -0.05) is 6.07 Å². The first-order valence-corrected chi connectivity index (χ1v) is 9.51. The first-order chi connectivity index (χ1) is 12.7. The average molecular weight is 368 g/mol. The SMILES string of the molecule is Nc1nc(N2CCN(C(=O)CCc3cccnc3)CC2)c2ccsc2n1. The molecule has 0 aliphatic carbocycles. The standard InChI is InChI=1S/C18H20N6OS/c19-18-21-16(14-5-11-26-17(14)22-18)24-9-7-23(8-10-24)15(25)4-3-13-2-1-6-20-12-13/h1-2,5-6,11-12H,3-4,7-10H2,(H2,19,21,22). The number of aromatic nitrogens is 3. The van der Waals surface area contributed by atoms with Crippen molar-refractivity contribution in [2.45, 2.75) is 12.8 Å². The molecule has 1 aliphatic rings. The smallest absolute Gasteiger partial charge is 0.223 e. The van der Waals surface area contributed by atoms with Crippen LogP contribution in [0.2, 0.25) is 0 Å². The number of thiophene rings is 1. The quantitative estimate of drug-likeness (QED) is 0.757. The van der Waals surface area contributed by atoms with Crippen molar-refractivity contribution in [2.24, 2.45) is 0 Å². The van der Waals surface area contributed by atoms with E-state index in [9.17, 15) is 4.79 Å². The number of aryl methyl sites for hydroxylation is 1. The van der Waals surface area contributed by atoms with Crippen molar-refractivity contribution in [3.05, 3.63) is 41.5 Å². The molecule has 0 saturated carbocycles. The first kappa shape index (κ1) is 16.7. The fourth-order valence-electron chi connectivity index (χ4n) is 3.22. The predicted octanol–water partition coefficient (Wildman–Crippen LogP) is 1.95. The predicted molar refractivity (Wildman–Crippen MR) is 103 cm³/mol. The molecular formula is C18H20N6OS. The maximum atomic E-state index is 12.5. The van der Waals surface area contributed by atoms with Crippen molar-refractivity contribution < 1.29 is 4.79 Å². The molecule has 3 aromatic rings. The molecule has 0 bridgehead atoms. The minimum Gasteiger partial charge on any atom is -0.368 e. The number of hydrogen-bond acceptors (Lipinski definition) is 7. The number of carbonyl (C=O) groups is 1. The topological polar surface area (TPSA) is 88.2 Å². The maximum Gasteiger partial charge on any atom is 0.223 e. The van der Waals surface area contributed by atoms with Gasteiger partial charge in [0.1, 0.15) is 10.6 Å². The zero-order valence-electron chi connectivity index (χ0n) is 14.3. The van der Waals surface area contributed by atoms with Crippen LogP contribution in [0.15, 0.2) is 36.0 Å². The van der Waals surface area contributed by atoms with Crippen molar-refractivity contribution in [1.82, 2.24) is 19.9 Å². The Morgan fingerprint density at radius 2 is 2.04 bits per heavy atom. The zero-order chi connectivity index (χ0) is 17.9. The van der Waals surface area contributed by atoms with E-state index in [4.69, 9.17) is 5.73 Å². The highest BCUT2D eigenvalue weighted by Crippen LogP contribution is 2.29. The molecule has 26 heavy (non-hydrogen) atoms. The largest absolute Gasteiger partial charge is 0.368 e. The van der Waals surface area contributed by atoms with E-state index in [1.807, 2.05) is 34.7 Å². The second-order valence-corrected chi connectivity index (χ2v) is 7.17. The molecule has 0 radical (unpaired) electrons. The molecule has 1 fully saturated rings. The minimum atomic E-state index is 0.191. The second kappa shape index (κ2) is 7.25. The van der Waals surface area contributed by atoms with Gasteiger partial charge < -0.3 is 15.5 Å². The van der Waals surface area contributed by atoms with Crippen molar-refractivity contribution >= 4 is 39.2 Å². The molecule has 7 nitrogen and oxygen atoms in total. The summed E-state index contributed by atoms with van der Waals surface area (Å²) < 4.78 is 0. The number of amides is 1. The first-order valence-electron chi connectivity index (χ1n) is 8.63. The van der Waals surface area contributed by atoms with Crippen molar-refractivity contribution in [3.63, 3.8) is 0 Å². The van der Waals surface area contributed by atoms with Gasteiger partial charge in [-0.3, -0.25) is 9.78 Å². The highest BCUT2D eigenvalue weighted by atomic mass is 32.1. The van der Waals surface area contributed by atoms with Crippen LogP contribution >= 0.6 is 11.3 Å². The molecule has 3 aromatic heterocycles. The molecule has 134 valence electrons. The van der Waals surface area contributed by atoms with Crippen LogP contribution in [-0.4, -0.2) is 51.9 Å². The summed E-state index contributed by atoms with van der Waals surface area (Å²) in [5.41, 5.74) is 6.94. The van der Waals surface area contributed by atoms with Crippen LogP contribution in [0.1, 0.15) is 12.0 Å². The summed E-state index contributed by atoms with van der Waals surface area (Å²) >= 11 is 1.56. The third kappa shape index (κ3) is 3.45. The molecule has 1 aliphatic heterocycles. The number of nitrogens with two attached hydrogens (primary N) is 1. The van der Waals surface area contributed by atoms with Crippen LogP contribution in [0.5, 0.6) is 0 Å². The number of fused-ring (bicyclic) bond motifs is 1. The molecule has 0 spiro atoms. The summed E-state index contributed by atoms with van der Waals surface area (Å²) in [7, 11) is 0. The Morgan fingerprint density at radius 3 is 2.81 bits per heavy atom. The Morgan fingerprint density at radius 1 is 1.19 bits per heavy atom. The summed E-state index contributed by atoms with van der Waals surface area (Å²) in [5.74, 6) is 1.36. The van der Waals surface area contributed by atoms with Gasteiger partial charge in [0.2, 0.25) is 11.9 Å². The van der Waals surface area contributed by atoms with E-state index >= 15 is 0 Å². The Labute approximate surface area is 155 Å². The molecule has 4 heterocycles. The molecule has 4 rings (SSSR count). The average Bonchev–Trinajstić information content (AvgIpc) is 3.15. The lowest BCUT2D eigenvalue weighted by molar-refractivity contribution is -0.131. The molecule has 2 N–H and O–H groups in total. The molecule has 0 atom stereocenters. The van der Waals surface area contributed by atoms with Crippen molar-refractivity contribution in [1.29, 1.82) is 0 Å². The minimum absolute atomic E-state index is 0.191. The van der Waals surface area contributed by atoms with Gasteiger partial charge in [0.05, 0.1) is 5.39 Å². The lowest BCUT2D eigenvalue weighted by atomic mass is 10.1. The summed E-state index contributed by atoms with van der Waals surface area (Å²) in [6.45, 7) is 2.89. The van der Waals surface area contributed by atoms with Crippen molar-refractivity contribution in [3.8, 4) is 0 Å². The number of anilines is 2. The Hall–Kier alpha value is -2.74. The number of piperazine rings is 1. The van der Waals surface area contributed by atoms with Crippen LogP contribution in [0, 0.1) is 0 Å². The van der Waals surface area contributed by atoms with Gasteiger partial charge >= 0.3 is 0 Å². The van der Waals surface area contributed by atoms with Crippen molar-refractivity contribution in [2.75, 3.05) is 36.8 Å². The summed E-state index contributed by atoms with van der Waals surface area (Å²) in [6.07, 6.45) is 4.80. The van der Waals surface area contributed by atoms with E-state index < -0.39 is 0 Å². The summed E-state index contributed by atoms with van der Waals surface area (Å²) in [4.78, 5) is 30.3. The second-order valence-electron chi connectivity index (χ2n) is 6.27. The molecule has 0 unspecified atom stereocenters. The number of nitrogen functional groups attached to an aromatic ring is 1. The van der Waals surface area contributed by atoms with Gasteiger partial charge in [-0.2, -0.15) is 4.98 Å². The van der Waals surface area contributed by atoms with Crippen LogP contribution in [0.3, 0.4) is 0 Å². The number of rotatable bonds is 4. The van der Waals surface area contributed by atoms with E-state index in [2.05, 4.69) is 19.9 Å².